The fourth-order valence-corrected chi connectivity index (χ4v) is 4.93. The summed E-state index contributed by atoms with van der Waals surface area (Å²) >= 11 is 1.44. The summed E-state index contributed by atoms with van der Waals surface area (Å²) in [5, 5.41) is 33.6. The van der Waals surface area contributed by atoms with Gasteiger partial charge in [0.2, 0.25) is 0 Å². The third kappa shape index (κ3) is 6.43. The summed E-state index contributed by atoms with van der Waals surface area (Å²) in [6.45, 7) is 5.46. The predicted octanol–water partition coefficient (Wildman–Crippen LogP) is 5.66. The van der Waals surface area contributed by atoms with Crippen molar-refractivity contribution in [3.8, 4) is 28.6 Å². The lowest BCUT2D eigenvalue weighted by atomic mass is 9.98. The summed E-state index contributed by atoms with van der Waals surface area (Å²) < 4.78 is 17.0. The topological polar surface area (TPSA) is 99.3 Å². The highest BCUT2D eigenvalue weighted by atomic mass is 32.2. The monoisotopic (exact) mass is 536 g/mol. The van der Waals surface area contributed by atoms with Crippen molar-refractivity contribution < 1.29 is 14.6 Å². The van der Waals surface area contributed by atoms with Crippen LogP contribution in [0.2, 0.25) is 0 Å². The number of hydrogen-bond acceptors (Lipinski definition) is 8. The van der Waals surface area contributed by atoms with E-state index in [2.05, 4.69) is 25.4 Å². The smallest absolute Gasteiger partial charge is 0.196 e. The Morgan fingerprint density at radius 1 is 1.08 bits per heavy atom. The van der Waals surface area contributed by atoms with Gasteiger partial charge in [-0.05, 0) is 68.4 Å². The zero-order valence-electron chi connectivity index (χ0n) is 22.0. The zero-order valence-corrected chi connectivity index (χ0v) is 22.8. The second-order valence-electron chi connectivity index (χ2n) is 9.62. The summed E-state index contributed by atoms with van der Waals surface area (Å²) in [6, 6.07) is 11.8. The Morgan fingerprint density at radius 3 is 2.58 bits per heavy atom. The molecule has 4 aromatic rings. The van der Waals surface area contributed by atoms with Gasteiger partial charge in [0.1, 0.15) is 17.3 Å². The van der Waals surface area contributed by atoms with E-state index in [0.717, 1.165) is 18.5 Å². The Balaban J connectivity index is 1.73. The highest BCUT2D eigenvalue weighted by Crippen LogP contribution is 2.39. The van der Waals surface area contributed by atoms with Gasteiger partial charge in [0, 0.05) is 36.8 Å². The predicted molar refractivity (Wildman–Crippen MR) is 150 cm³/mol. The quantitative estimate of drug-likeness (QED) is 0.167. The molecule has 0 radical (unpaired) electrons. The molecular formula is C28H33FN6O2S. The van der Waals surface area contributed by atoms with E-state index in [0.29, 0.717) is 45.8 Å². The molecule has 2 aromatic heterocycles. The van der Waals surface area contributed by atoms with Crippen molar-refractivity contribution in [2.24, 2.45) is 0 Å². The number of nitrogens with zero attached hydrogens (tertiary/aromatic N) is 5. The highest BCUT2D eigenvalue weighted by molar-refractivity contribution is 7.98. The largest absolute Gasteiger partial charge is 0.508 e. The summed E-state index contributed by atoms with van der Waals surface area (Å²) in [6.07, 6.45) is 4.39. The van der Waals surface area contributed by atoms with Crippen LogP contribution in [0, 0.1) is 5.82 Å². The average Bonchev–Trinajstić information content (AvgIpc) is 3.30. The van der Waals surface area contributed by atoms with Crippen molar-refractivity contribution in [3.63, 3.8) is 0 Å². The molecule has 0 bridgehead atoms. The summed E-state index contributed by atoms with van der Waals surface area (Å²) in [5.41, 5.74) is 3.01. The van der Waals surface area contributed by atoms with Gasteiger partial charge in [0.05, 0.1) is 16.9 Å². The van der Waals surface area contributed by atoms with Gasteiger partial charge in [-0.3, -0.25) is 9.55 Å². The molecule has 0 atom stereocenters. The van der Waals surface area contributed by atoms with Crippen LogP contribution in [0.5, 0.6) is 11.5 Å². The van der Waals surface area contributed by atoms with E-state index in [1.165, 1.54) is 23.9 Å². The lowest BCUT2D eigenvalue weighted by Crippen LogP contribution is -2.16. The van der Waals surface area contributed by atoms with E-state index in [9.17, 15) is 10.2 Å². The summed E-state index contributed by atoms with van der Waals surface area (Å²) in [4.78, 5) is 6.25. The first-order valence-corrected chi connectivity index (χ1v) is 13.4. The Kier molecular flexibility index (Phi) is 8.85. The molecule has 2 aromatic carbocycles. The molecule has 8 nitrogen and oxygen atoms in total. The van der Waals surface area contributed by atoms with Crippen LogP contribution in [0.3, 0.4) is 0 Å². The van der Waals surface area contributed by atoms with E-state index in [1.807, 2.05) is 40.1 Å². The van der Waals surface area contributed by atoms with Crippen LogP contribution in [0.25, 0.3) is 17.1 Å². The molecule has 2 heterocycles. The minimum atomic E-state index is -0.395. The van der Waals surface area contributed by atoms with Gasteiger partial charge in [-0.25, -0.2) is 4.39 Å². The number of phenolic OH excluding ortho intramolecular Hbond substituents is 2. The molecule has 0 amide bonds. The van der Waals surface area contributed by atoms with Crippen molar-refractivity contribution in [2.75, 3.05) is 32.5 Å². The number of nitrogens with one attached hydrogen (secondary N) is 1. The van der Waals surface area contributed by atoms with Crippen LogP contribution in [0.1, 0.15) is 37.3 Å². The van der Waals surface area contributed by atoms with Gasteiger partial charge in [0.25, 0.3) is 0 Å². The van der Waals surface area contributed by atoms with E-state index in [-0.39, 0.29) is 17.4 Å². The minimum absolute atomic E-state index is 0.00855. The van der Waals surface area contributed by atoms with Gasteiger partial charge >= 0.3 is 0 Å². The fourth-order valence-electron chi connectivity index (χ4n) is 4.04. The highest BCUT2D eigenvalue weighted by Gasteiger charge is 2.22. The first-order valence-electron chi connectivity index (χ1n) is 12.5. The third-order valence-corrected chi connectivity index (χ3v) is 7.04. The van der Waals surface area contributed by atoms with Crippen LogP contribution >= 0.6 is 11.8 Å². The van der Waals surface area contributed by atoms with Gasteiger partial charge < -0.3 is 20.4 Å². The number of phenols is 2. The van der Waals surface area contributed by atoms with Crippen molar-refractivity contribution >= 4 is 17.4 Å². The first-order chi connectivity index (χ1) is 18.2. The third-order valence-electron chi connectivity index (χ3n) is 6.04. The lowest BCUT2D eigenvalue weighted by molar-refractivity contribution is 0.405. The maximum Gasteiger partial charge on any atom is 0.196 e. The molecule has 0 aliphatic carbocycles. The van der Waals surface area contributed by atoms with Gasteiger partial charge in [-0.1, -0.05) is 31.7 Å². The Hall–Kier alpha value is -3.63. The van der Waals surface area contributed by atoms with Crippen molar-refractivity contribution in [1.29, 1.82) is 0 Å². The van der Waals surface area contributed by atoms with Crippen molar-refractivity contribution in [2.45, 2.75) is 37.1 Å². The van der Waals surface area contributed by atoms with Crippen LogP contribution in [0.4, 0.5) is 10.1 Å². The number of hydrogen-bond donors (Lipinski definition) is 3. The van der Waals surface area contributed by atoms with Gasteiger partial charge in [0.15, 0.2) is 11.0 Å². The normalized spacial score (nSPS) is 11.4. The summed E-state index contributed by atoms with van der Waals surface area (Å²) in [5.74, 6) is 0.426. The molecule has 4 rings (SSSR count). The maximum atomic E-state index is 15.2. The SMILES string of the molecule is CC(C)c1cc(-c2nnc(SCc3cccnc3)n2-c2ccc(NCCCN(C)C)c(F)c2)c(O)cc1O. The Morgan fingerprint density at radius 2 is 1.89 bits per heavy atom. The molecule has 0 aliphatic rings. The second-order valence-corrected chi connectivity index (χ2v) is 10.6. The Labute approximate surface area is 226 Å². The number of aromatic hydroxyl groups is 2. The molecule has 0 fully saturated rings. The molecule has 10 heteroatoms. The van der Waals surface area contributed by atoms with Gasteiger partial charge in [-0.2, -0.15) is 0 Å². The fraction of sp³-hybridized carbons (Fsp3) is 0.321. The van der Waals surface area contributed by atoms with Crippen LogP contribution in [-0.4, -0.2) is 62.0 Å². The standard InChI is InChI=1S/C28H33FN6O2S/c1-18(2)21-14-22(26(37)15-25(21)36)27-32-33-28(38-17-19-7-5-10-30-16-19)35(27)20-8-9-24(23(29)13-20)31-11-6-12-34(3)4/h5,7-10,13-16,18,31,36-37H,6,11-12,17H2,1-4H3. The number of halogens is 1. The van der Waals surface area contributed by atoms with E-state index < -0.39 is 5.82 Å². The number of anilines is 1. The average molecular weight is 537 g/mol. The molecule has 0 saturated heterocycles. The number of pyridine rings is 1. The molecule has 0 saturated carbocycles. The van der Waals surface area contributed by atoms with Crippen molar-refractivity contribution in [1.82, 2.24) is 24.6 Å². The zero-order chi connectivity index (χ0) is 27.2. The van der Waals surface area contributed by atoms with E-state index >= 15 is 4.39 Å². The Bertz CT molecular complexity index is 1380. The molecule has 3 N–H and O–H groups in total. The lowest BCUT2D eigenvalue weighted by Gasteiger charge is -2.16. The van der Waals surface area contributed by atoms with E-state index in [1.54, 1.807) is 35.2 Å². The molecule has 0 unspecified atom stereocenters. The number of benzene rings is 2. The minimum Gasteiger partial charge on any atom is -0.508 e. The maximum absolute atomic E-state index is 15.2. The summed E-state index contributed by atoms with van der Waals surface area (Å²) in [7, 11) is 4.01. The van der Waals surface area contributed by atoms with Gasteiger partial charge in [-0.15, -0.1) is 10.2 Å². The molecular weight excluding hydrogens is 503 g/mol. The molecule has 38 heavy (non-hydrogen) atoms. The van der Waals surface area contributed by atoms with Crippen LogP contribution < -0.4 is 5.32 Å². The van der Waals surface area contributed by atoms with Crippen LogP contribution in [0.15, 0.2) is 60.0 Å². The molecule has 0 aliphatic heterocycles. The van der Waals surface area contributed by atoms with Crippen molar-refractivity contribution in [3.05, 3.63) is 71.8 Å². The van der Waals surface area contributed by atoms with Crippen LogP contribution in [-0.2, 0) is 5.75 Å². The molecule has 0 spiro atoms. The van der Waals surface area contributed by atoms with E-state index in [4.69, 9.17) is 0 Å². The number of rotatable bonds is 11. The number of aromatic nitrogens is 4. The second kappa shape index (κ2) is 12.3. The molecule has 200 valence electrons. The number of thioether (sulfide) groups is 1. The first kappa shape index (κ1) is 27.4.